The molecule has 2 heterocycles. The number of anilines is 1. The fourth-order valence-electron chi connectivity index (χ4n) is 2.38. The molecule has 0 fully saturated rings. The number of amides is 2. The summed E-state index contributed by atoms with van der Waals surface area (Å²) in [5.41, 5.74) is 2.35. The van der Waals surface area contributed by atoms with Gasteiger partial charge in [0.15, 0.2) is 10.8 Å². The van der Waals surface area contributed by atoms with Crippen LogP contribution in [0.1, 0.15) is 31.3 Å². The molecule has 0 saturated carbocycles. The van der Waals surface area contributed by atoms with Crippen LogP contribution in [0, 0.1) is 13.8 Å². The van der Waals surface area contributed by atoms with E-state index in [1.165, 1.54) is 11.3 Å². The van der Waals surface area contributed by atoms with Crippen LogP contribution in [0.3, 0.4) is 0 Å². The van der Waals surface area contributed by atoms with E-state index < -0.39 is 0 Å². The minimum Gasteiger partial charge on any atom is -0.462 e. The molecule has 0 unspecified atom stereocenters. The molecule has 0 bridgehead atoms. The number of aromatic nitrogens is 1. The summed E-state index contributed by atoms with van der Waals surface area (Å²) in [5.74, 6) is 0.181. The van der Waals surface area contributed by atoms with Crippen molar-refractivity contribution in [1.29, 1.82) is 0 Å². The highest BCUT2D eigenvalue weighted by atomic mass is 32.1. The molecule has 1 aromatic carbocycles. The van der Waals surface area contributed by atoms with E-state index in [-0.39, 0.29) is 11.8 Å². The monoisotopic (exact) mass is 355 g/mol. The molecular weight excluding hydrogens is 338 g/mol. The van der Waals surface area contributed by atoms with Crippen molar-refractivity contribution in [2.24, 2.45) is 0 Å². The van der Waals surface area contributed by atoms with Gasteiger partial charge in [-0.15, -0.1) is 11.3 Å². The number of rotatable bonds is 4. The van der Waals surface area contributed by atoms with Crippen molar-refractivity contribution in [2.75, 3.05) is 12.4 Å². The van der Waals surface area contributed by atoms with Gasteiger partial charge in [-0.3, -0.25) is 9.59 Å². The molecule has 25 heavy (non-hydrogen) atoms. The van der Waals surface area contributed by atoms with Gasteiger partial charge in [-0.25, -0.2) is 4.98 Å². The van der Waals surface area contributed by atoms with Gasteiger partial charge >= 0.3 is 0 Å². The third-order valence-electron chi connectivity index (χ3n) is 3.71. The van der Waals surface area contributed by atoms with Gasteiger partial charge in [0, 0.05) is 23.2 Å². The summed E-state index contributed by atoms with van der Waals surface area (Å²) in [5, 5.41) is 6.09. The molecule has 0 atom stereocenters. The summed E-state index contributed by atoms with van der Waals surface area (Å²) in [4.78, 5) is 29.4. The van der Waals surface area contributed by atoms with E-state index in [0.29, 0.717) is 27.7 Å². The van der Waals surface area contributed by atoms with Crippen LogP contribution in [0.5, 0.6) is 0 Å². The Kier molecular flexibility index (Phi) is 4.67. The maximum atomic E-state index is 12.6. The lowest BCUT2D eigenvalue weighted by molar-refractivity contribution is 0.0962. The molecule has 2 aromatic heterocycles. The maximum absolute atomic E-state index is 12.6. The van der Waals surface area contributed by atoms with Crippen LogP contribution < -0.4 is 10.6 Å². The average Bonchev–Trinajstić information content (AvgIpc) is 3.25. The highest BCUT2D eigenvalue weighted by Gasteiger charge is 2.18. The van der Waals surface area contributed by atoms with E-state index in [1.54, 1.807) is 37.6 Å². The van der Waals surface area contributed by atoms with E-state index >= 15 is 0 Å². The quantitative estimate of drug-likeness (QED) is 0.748. The summed E-state index contributed by atoms with van der Waals surface area (Å²) in [6.45, 7) is 3.69. The van der Waals surface area contributed by atoms with Gasteiger partial charge in [0.1, 0.15) is 5.69 Å². The lowest BCUT2D eigenvalue weighted by atomic mass is 10.1. The maximum Gasteiger partial charge on any atom is 0.275 e. The second kappa shape index (κ2) is 6.90. The predicted molar refractivity (Wildman–Crippen MR) is 97.1 cm³/mol. The van der Waals surface area contributed by atoms with Gasteiger partial charge in [-0.1, -0.05) is 0 Å². The molecule has 2 amide bonds. The van der Waals surface area contributed by atoms with Crippen molar-refractivity contribution < 1.29 is 14.0 Å². The molecule has 3 rings (SSSR count). The topological polar surface area (TPSA) is 84.2 Å². The fraction of sp³-hybridized carbons (Fsp3) is 0.167. The normalized spacial score (nSPS) is 10.5. The largest absolute Gasteiger partial charge is 0.462 e. The Hall–Kier alpha value is -2.93. The second-order valence-corrected chi connectivity index (χ2v) is 6.67. The number of carbonyl (C=O) groups excluding carboxylic acids is 2. The highest BCUT2D eigenvalue weighted by molar-refractivity contribution is 7.15. The molecule has 0 radical (unpaired) electrons. The lowest BCUT2D eigenvalue weighted by Gasteiger charge is -2.09. The first kappa shape index (κ1) is 16.9. The third-order valence-corrected chi connectivity index (χ3v) is 4.69. The van der Waals surface area contributed by atoms with Crippen LogP contribution in [0.25, 0.3) is 10.8 Å². The van der Waals surface area contributed by atoms with Crippen LogP contribution in [0.15, 0.2) is 41.0 Å². The Morgan fingerprint density at radius 1 is 1.16 bits per heavy atom. The number of nitrogens with zero attached hydrogens (tertiary/aromatic N) is 1. The van der Waals surface area contributed by atoms with Crippen LogP contribution in [-0.4, -0.2) is 23.8 Å². The SMILES string of the molecule is CNC(=O)c1ccc(NC(=O)c2nc(-c3ccco3)sc2C)c(C)c1. The molecule has 0 aliphatic rings. The van der Waals surface area contributed by atoms with Gasteiger partial charge in [0.2, 0.25) is 0 Å². The number of benzene rings is 1. The third kappa shape index (κ3) is 3.46. The first-order valence-corrected chi connectivity index (χ1v) is 8.46. The summed E-state index contributed by atoms with van der Waals surface area (Å²) in [6, 6.07) is 8.71. The summed E-state index contributed by atoms with van der Waals surface area (Å²) in [7, 11) is 1.58. The molecule has 0 aliphatic carbocycles. The Balaban J connectivity index is 1.82. The molecule has 3 aromatic rings. The van der Waals surface area contributed by atoms with Crippen molar-refractivity contribution in [1.82, 2.24) is 10.3 Å². The first-order valence-electron chi connectivity index (χ1n) is 7.65. The van der Waals surface area contributed by atoms with Crippen molar-refractivity contribution in [3.05, 3.63) is 58.3 Å². The minimum atomic E-state index is -0.289. The van der Waals surface area contributed by atoms with Crippen LogP contribution >= 0.6 is 11.3 Å². The highest BCUT2D eigenvalue weighted by Crippen LogP contribution is 2.28. The number of furan rings is 1. The molecule has 6 nitrogen and oxygen atoms in total. The number of hydrogen-bond donors (Lipinski definition) is 2. The van der Waals surface area contributed by atoms with Crippen LogP contribution in [-0.2, 0) is 0 Å². The smallest absolute Gasteiger partial charge is 0.275 e. The Morgan fingerprint density at radius 2 is 1.96 bits per heavy atom. The minimum absolute atomic E-state index is 0.167. The van der Waals surface area contributed by atoms with Gasteiger partial charge in [-0.05, 0) is 49.7 Å². The van der Waals surface area contributed by atoms with Gasteiger partial charge in [0.25, 0.3) is 11.8 Å². The molecule has 128 valence electrons. The van der Waals surface area contributed by atoms with Crippen molar-refractivity contribution in [3.63, 3.8) is 0 Å². The number of hydrogen-bond acceptors (Lipinski definition) is 5. The number of aryl methyl sites for hydroxylation is 2. The lowest BCUT2D eigenvalue weighted by Crippen LogP contribution is -2.18. The summed E-state index contributed by atoms with van der Waals surface area (Å²) < 4.78 is 5.33. The zero-order chi connectivity index (χ0) is 18.0. The zero-order valence-electron chi connectivity index (χ0n) is 14.0. The molecule has 0 spiro atoms. The predicted octanol–water partition coefficient (Wildman–Crippen LogP) is 3.63. The van der Waals surface area contributed by atoms with Gasteiger partial charge in [0.05, 0.1) is 6.26 Å². The Morgan fingerprint density at radius 3 is 2.60 bits per heavy atom. The molecule has 0 saturated heterocycles. The average molecular weight is 355 g/mol. The summed E-state index contributed by atoms with van der Waals surface area (Å²) in [6.07, 6.45) is 1.57. The molecule has 7 heteroatoms. The Labute approximate surface area is 148 Å². The summed E-state index contributed by atoms with van der Waals surface area (Å²) >= 11 is 1.41. The van der Waals surface area contributed by atoms with Crippen molar-refractivity contribution in [2.45, 2.75) is 13.8 Å². The standard InChI is InChI=1S/C18H17N3O3S/c1-10-9-12(16(22)19-3)6-7-13(10)20-17(23)15-11(2)25-18(21-15)14-5-4-8-24-14/h4-9H,1-3H3,(H,19,22)(H,20,23). The second-order valence-electron chi connectivity index (χ2n) is 5.46. The van der Waals surface area contributed by atoms with E-state index in [1.807, 2.05) is 19.9 Å². The number of thiazole rings is 1. The number of nitrogens with one attached hydrogen (secondary N) is 2. The molecular formula is C18H17N3O3S. The fourth-order valence-corrected chi connectivity index (χ4v) is 3.26. The van der Waals surface area contributed by atoms with Crippen LogP contribution in [0.4, 0.5) is 5.69 Å². The van der Waals surface area contributed by atoms with Crippen molar-refractivity contribution in [3.8, 4) is 10.8 Å². The van der Waals surface area contributed by atoms with E-state index in [2.05, 4.69) is 15.6 Å². The molecule has 0 aliphatic heterocycles. The van der Waals surface area contributed by atoms with E-state index in [9.17, 15) is 9.59 Å². The van der Waals surface area contributed by atoms with E-state index in [4.69, 9.17) is 4.42 Å². The molecule has 2 N–H and O–H groups in total. The number of carbonyl (C=O) groups is 2. The Bertz CT molecular complexity index is 929. The van der Waals surface area contributed by atoms with Crippen molar-refractivity contribution >= 4 is 28.8 Å². The van der Waals surface area contributed by atoms with E-state index in [0.717, 1.165) is 10.4 Å². The van der Waals surface area contributed by atoms with Crippen LogP contribution in [0.2, 0.25) is 0 Å². The van der Waals surface area contributed by atoms with Gasteiger partial charge in [-0.2, -0.15) is 0 Å². The zero-order valence-corrected chi connectivity index (χ0v) is 14.9. The first-order chi connectivity index (χ1) is 12.0. The van der Waals surface area contributed by atoms with Gasteiger partial charge < -0.3 is 15.1 Å².